The van der Waals surface area contributed by atoms with Crippen molar-refractivity contribution >= 4 is 15.7 Å². The zero-order chi connectivity index (χ0) is 15.9. The third kappa shape index (κ3) is 4.75. The second-order valence-electron chi connectivity index (χ2n) is 4.14. The van der Waals surface area contributed by atoms with E-state index in [-0.39, 0.29) is 30.7 Å². The van der Waals surface area contributed by atoms with Crippen LogP contribution in [-0.4, -0.2) is 25.4 Å². The zero-order valence-corrected chi connectivity index (χ0v) is 12.2. The number of hydrogen-bond acceptors (Lipinski definition) is 4. The molecule has 1 rings (SSSR count). The lowest BCUT2D eigenvalue weighted by Gasteiger charge is -2.11. The summed E-state index contributed by atoms with van der Waals surface area (Å²) in [6, 6.07) is 5.39. The van der Waals surface area contributed by atoms with Gasteiger partial charge in [0, 0.05) is 6.42 Å². The molecule has 0 spiro atoms. The molecule has 0 amide bonds. The largest absolute Gasteiger partial charge is 0.395 e. The van der Waals surface area contributed by atoms with Crippen LogP contribution in [-0.2, 0) is 10.0 Å². The van der Waals surface area contributed by atoms with Crippen molar-refractivity contribution < 1.29 is 17.9 Å². The lowest BCUT2D eigenvalue weighted by atomic mass is 10.2. The molecule has 21 heavy (non-hydrogen) atoms. The molecule has 1 aromatic rings. The number of anilines is 1. The highest BCUT2D eigenvalue weighted by atomic mass is 32.2. The minimum Gasteiger partial charge on any atom is -0.395 e. The Kier molecular flexibility index (Phi) is 6.16. The minimum absolute atomic E-state index is 0.0360. The zero-order valence-electron chi connectivity index (χ0n) is 11.4. The van der Waals surface area contributed by atoms with Gasteiger partial charge >= 0.3 is 0 Å². The number of nitriles is 1. The molecule has 0 aliphatic rings. The van der Waals surface area contributed by atoms with E-state index in [1.165, 1.54) is 12.1 Å². The Morgan fingerprint density at radius 2 is 2.19 bits per heavy atom. The molecule has 0 heterocycles. The summed E-state index contributed by atoms with van der Waals surface area (Å²) in [6.07, 6.45) is 0.368. The molecule has 0 fully saturated rings. The van der Waals surface area contributed by atoms with Crippen molar-refractivity contribution in [1.82, 2.24) is 0 Å². The van der Waals surface area contributed by atoms with Crippen LogP contribution in [0.1, 0.15) is 25.3 Å². The number of aliphatic hydroxyl groups is 1. The maximum absolute atomic E-state index is 13.8. The third-order valence-electron chi connectivity index (χ3n) is 2.58. The van der Waals surface area contributed by atoms with E-state index < -0.39 is 21.1 Å². The van der Waals surface area contributed by atoms with Crippen LogP contribution in [0.3, 0.4) is 0 Å². The molecule has 0 aliphatic carbocycles. The number of hydrogen-bond donors (Lipinski definition) is 2. The molecular formula is C14H15FN2O3S. The minimum atomic E-state index is -3.87. The van der Waals surface area contributed by atoms with E-state index in [9.17, 15) is 12.8 Å². The molecule has 5 nitrogen and oxygen atoms in total. The van der Waals surface area contributed by atoms with Gasteiger partial charge in [-0.05, 0) is 24.6 Å². The Morgan fingerprint density at radius 1 is 1.48 bits per heavy atom. The van der Waals surface area contributed by atoms with Gasteiger partial charge in [0.1, 0.15) is 5.82 Å². The lowest BCUT2D eigenvalue weighted by Crippen LogP contribution is -2.26. The summed E-state index contributed by atoms with van der Waals surface area (Å²) in [5.74, 6) is 4.43. The number of nitrogens with one attached hydrogen (secondary N) is 1. The number of sulfonamides is 1. The summed E-state index contributed by atoms with van der Waals surface area (Å²) in [5, 5.41) is 16.2. The Labute approximate surface area is 123 Å². The first-order valence-corrected chi connectivity index (χ1v) is 7.79. The molecule has 0 bridgehead atoms. The summed E-state index contributed by atoms with van der Waals surface area (Å²) < 4.78 is 39.6. The SMILES string of the molecule is CCC(C#N)S(=O)(=O)Nc1ccc(C#CCCO)c(F)c1. The molecule has 1 atom stereocenters. The normalized spacial score (nSPS) is 11.9. The molecule has 112 valence electrons. The molecule has 0 radical (unpaired) electrons. The molecule has 2 N–H and O–H groups in total. The molecule has 0 saturated heterocycles. The monoisotopic (exact) mass is 310 g/mol. The summed E-state index contributed by atoms with van der Waals surface area (Å²) in [5.41, 5.74) is 0.146. The number of halogens is 1. The van der Waals surface area contributed by atoms with Crippen LogP contribution < -0.4 is 4.72 Å². The summed E-state index contributed by atoms with van der Waals surface area (Å²) in [7, 11) is -3.87. The fourth-order valence-electron chi connectivity index (χ4n) is 1.51. The van der Waals surface area contributed by atoms with Gasteiger partial charge < -0.3 is 5.11 Å². The van der Waals surface area contributed by atoms with Gasteiger partial charge in [0.05, 0.1) is 23.9 Å². The van der Waals surface area contributed by atoms with E-state index >= 15 is 0 Å². The average Bonchev–Trinajstić information content (AvgIpc) is 2.42. The molecule has 0 aliphatic heterocycles. The van der Waals surface area contributed by atoms with Gasteiger partial charge in [0.15, 0.2) is 5.25 Å². The Hall–Kier alpha value is -2.09. The van der Waals surface area contributed by atoms with Crippen molar-refractivity contribution in [3.63, 3.8) is 0 Å². The van der Waals surface area contributed by atoms with E-state index in [2.05, 4.69) is 16.6 Å². The van der Waals surface area contributed by atoms with E-state index in [1.807, 2.05) is 0 Å². The van der Waals surface area contributed by atoms with Crippen LogP contribution in [0.15, 0.2) is 18.2 Å². The summed E-state index contributed by atoms with van der Waals surface area (Å²) in [6.45, 7) is 1.46. The van der Waals surface area contributed by atoms with Crippen LogP contribution >= 0.6 is 0 Å². The number of aliphatic hydroxyl groups excluding tert-OH is 1. The molecular weight excluding hydrogens is 295 g/mol. The fraction of sp³-hybridized carbons (Fsp3) is 0.357. The Morgan fingerprint density at radius 3 is 2.71 bits per heavy atom. The van der Waals surface area contributed by atoms with Crippen LogP contribution in [0, 0.1) is 29.0 Å². The molecule has 0 saturated carbocycles. The van der Waals surface area contributed by atoms with Gasteiger partial charge in [0.2, 0.25) is 10.0 Å². The second kappa shape index (κ2) is 7.63. The lowest BCUT2D eigenvalue weighted by molar-refractivity contribution is 0.305. The number of rotatable bonds is 5. The third-order valence-corrected chi connectivity index (χ3v) is 4.29. The number of benzene rings is 1. The quantitative estimate of drug-likeness (QED) is 0.808. The van der Waals surface area contributed by atoms with Gasteiger partial charge in [0.25, 0.3) is 0 Å². The first-order valence-electron chi connectivity index (χ1n) is 6.25. The van der Waals surface area contributed by atoms with E-state index in [4.69, 9.17) is 10.4 Å². The van der Waals surface area contributed by atoms with Crippen molar-refractivity contribution in [3.05, 3.63) is 29.6 Å². The van der Waals surface area contributed by atoms with Gasteiger partial charge in [-0.1, -0.05) is 18.8 Å². The molecule has 1 unspecified atom stereocenters. The van der Waals surface area contributed by atoms with E-state index in [0.717, 1.165) is 6.07 Å². The van der Waals surface area contributed by atoms with Crippen LogP contribution in [0.25, 0.3) is 0 Å². The van der Waals surface area contributed by atoms with Crippen molar-refractivity contribution in [1.29, 1.82) is 5.26 Å². The van der Waals surface area contributed by atoms with Gasteiger partial charge in [-0.2, -0.15) is 5.26 Å². The fourth-order valence-corrected chi connectivity index (χ4v) is 2.68. The standard InChI is InChI=1S/C14H15FN2O3S/c1-2-13(10-16)21(19,20)17-12-7-6-11(14(15)9-12)5-3-4-8-18/h6-7,9,13,17-18H,2,4,8H2,1H3. The average molecular weight is 310 g/mol. The molecule has 7 heteroatoms. The van der Waals surface area contributed by atoms with Gasteiger partial charge in [-0.25, -0.2) is 12.8 Å². The van der Waals surface area contributed by atoms with Gasteiger partial charge in [-0.3, -0.25) is 4.72 Å². The predicted molar refractivity (Wildman–Crippen MR) is 77.2 cm³/mol. The highest BCUT2D eigenvalue weighted by molar-refractivity contribution is 7.93. The second-order valence-corrected chi connectivity index (χ2v) is 6.01. The topological polar surface area (TPSA) is 90.2 Å². The van der Waals surface area contributed by atoms with Crippen molar-refractivity contribution in [2.45, 2.75) is 25.0 Å². The smallest absolute Gasteiger partial charge is 0.249 e. The Balaban J connectivity index is 2.96. The predicted octanol–water partition coefficient (Wildman–Crippen LogP) is 1.60. The van der Waals surface area contributed by atoms with E-state index in [0.29, 0.717) is 0 Å². The summed E-state index contributed by atoms with van der Waals surface area (Å²) >= 11 is 0. The van der Waals surface area contributed by atoms with Crippen LogP contribution in [0.4, 0.5) is 10.1 Å². The van der Waals surface area contributed by atoms with Crippen molar-refractivity contribution in [3.8, 4) is 17.9 Å². The highest BCUT2D eigenvalue weighted by Gasteiger charge is 2.23. The van der Waals surface area contributed by atoms with Crippen molar-refractivity contribution in [2.75, 3.05) is 11.3 Å². The van der Waals surface area contributed by atoms with E-state index in [1.54, 1.807) is 13.0 Å². The first kappa shape index (κ1) is 17.0. The number of nitrogens with zero attached hydrogens (tertiary/aromatic N) is 1. The molecule has 0 aromatic heterocycles. The first-order chi connectivity index (χ1) is 9.94. The van der Waals surface area contributed by atoms with Crippen molar-refractivity contribution in [2.24, 2.45) is 0 Å². The maximum Gasteiger partial charge on any atom is 0.249 e. The Bertz CT molecular complexity index is 699. The maximum atomic E-state index is 13.8. The van der Waals surface area contributed by atoms with Crippen LogP contribution in [0.5, 0.6) is 0 Å². The molecule has 1 aromatic carbocycles. The van der Waals surface area contributed by atoms with Gasteiger partial charge in [-0.15, -0.1) is 0 Å². The summed E-state index contributed by atoms with van der Waals surface area (Å²) in [4.78, 5) is 0. The highest BCUT2D eigenvalue weighted by Crippen LogP contribution is 2.17. The van der Waals surface area contributed by atoms with Crippen LogP contribution in [0.2, 0.25) is 0 Å².